The molecule has 3 aromatic rings. The first-order valence-electron chi connectivity index (χ1n) is 5.57. The molecule has 0 saturated carbocycles. The van der Waals surface area contributed by atoms with Crippen molar-refractivity contribution >= 4 is 27.5 Å². The summed E-state index contributed by atoms with van der Waals surface area (Å²) in [7, 11) is 0. The number of anilines is 1. The van der Waals surface area contributed by atoms with E-state index in [4.69, 9.17) is 5.73 Å². The van der Waals surface area contributed by atoms with Gasteiger partial charge in [0.15, 0.2) is 0 Å². The van der Waals surface area contributed by atoms with Gasteiger partial charge in [-0.3, -0.25) is 9.97 Å². The second kappa shape index (κ2) is 3.42. The zero-order chi connectivity index (χ0) is 12.0. The fourth-order valence-corrected chi connectivity index (χ4v) is 2.10. The number of aromatic nitrogens is 2. The number of pyridine rings is 2. The van der Waals surface area contributed by atoms with E-state index in [9.17, 15) is 0 Å². The molecule has 2 aromatic heterocycles. The van der Waals surface area contributed by atoms with Crippen molar-refractivity contribution in [3.63, 3.8) is 0 Å². The molecular formula is C14H13N3. The van der Waals surface area contributed by atoms with Gasteiger partial charge in [-0.2, -0.15) is 0 Å². The molecule has 2 N–H and O–H groups in total. The molecular weight excluding hydrogens is 210 g/mol. The topological polar surface area (TPSA) is 51.8 Å². The fraction of sp³-hybridized carbons (Fsp3) is 0.143. The first kappa shape index (κ1) is 10.0. The standard InChI is InChI=1S/C14H13N3/c1-8-5-11-13(16-7-8)6-12(15)10-4-3-9(2)17-14(10)11/h3-7H,15H2,1-2H3. The summed E-state index contributed by atoms with van der Waals surface area (Å²) < 4.78 is 0. The Balaban J connectivity index is 2.59. The molecule has 0 saturated heterocycles. The third-order valence-corrected chi connectivity index (χ3v) is 2.95. The Morgan fingerprint density at radius 1 is 1.06 bits per heavy atom. The summed E-state index contributed by atoms with van der Waals surface area (Å²) in [6, 6.07) is 8.02. The minimum absolute atomic E-state index is 0.733. The molecule has 0 radical (unpaired) electrons. The third kappa shape index (κ3) is 1.51. The van der Waals surface area contributed by atoms with Crippen molar-refractivity contribution in [1.82, 2.24) is 9.97 Å². The molecule has 0 fully saturated rings. The van der Waals surface area contributed by atoms with Crippen LogP contribution in [0.3, 0.4) is 0 Å². The predicted octanol–water partition coefficient (Wildman–Crippen LogP) is 2.98. The second-order valence-electron chi connectivity index (χ2n) is 4.39. The summed E-state index contributed by atoms with van der Waals surface area (Å²) in [5.74, 6) is 0. The molecule has 0 aliphatic rings. The van der Waals surface area contributed by atoms with Crippen LogP contribution in [0.15, 0.2) is 30.5 Å². The van der Waals surface area contributed by atoms with E-state index in [0.29, 0.717) is 0 Å². The molecule has 0 atom stereocenters. The number of fused-ring (bicyclic) bond motifs is 3. The van der Waals surface area contributed by atoms with Crippen molar-refractivity contribution in [2.24, 2.45) is 0 Å². The monoisotopic (exact) mass is 223 g/mol. The Kier molecular flexibility index (Phi) is 2.01. The van der Waals surface area contributed by atoms with Gasteiger partial charge in [0.25, 0.3) is 0 Å². The molecule has 2 heterocycles. The van der Waals surface area contributed by atoms with Gasteiger partial charge in [0.05, 0.1) is 11.0 Å². The van der Waals surface area contributed by atoms with E-state index in [0.717, 1.165) is 38.8 Å². The Labute approximate surface area is 99.3 Å². The number of benzene rings is 1. The zero-order valence-corrected chi connectivity index (χ0v) is 9.86. The minimum Gasteiger partial charge on any atom is -0.398 e. The highest BCUT2D eigenvalue weighted by Gasteiger charge is 2.07. The van der Waals surface area contributed by atoms with Gasteiger partial charge in [-0.25, -0.2) is 0 Å². The van der Waals surface area contributed by atoms with Gasteiger partial charge in [-0.05, 0) is 43.7 Å². The highest BCUT2D eigenvalue weighted by molar-refractivity contribution is 6.09. The maximum absolute atomic E-state index is 6.03. The van der Waals surface area contributed by atoms with Crippen LogP contribution in [0, 0.1) is 13.8 Å². The number of nitrogen functional groups attached to an aromatic ring is 1. The van der Waals surface area contributed by atoms with Crippen LogP contribution < -0.4 is 5.73 Å². The number of hydrogen-bond acceptors (Lipinski definition) is 3. The van der Waals surface area contributed by atoms with Gasteiger partial charge >= 0.3 is 0 Å². The average molecular weight is 223 g/mol. The lowest BCUT2D eigenvalue weighted by Crippen LogP contribution is -1.93. The maximum atomic E-state index is 6.03. The Hall–Kier alpha value is -2.16. The van der Waals surface area contributed by atoms with Crippen LogP contribution in [0.5, 0.6) is 0 Å². The first-order chi connectivity index (χ1) is 8.15. The molecule has 0 aliphatic carbocycles. The molecule has 3 nitrogen and oxygen atoms in total. The SMILES string of the molecule is Cc1cnc2cc(N)c3ccc(C)nc3c2c1. The third-order valence-electron chi connectivity index (χ3n) is 2.95. The van der Waals surface area contributed by atoms with Gasteiger partial charge in [0, 0.05) is 28.4 Å². The van der Waals surface area contributed by atoms with E-state index in [1.54, 1.807) is 0 Å². The van der Waals surface area contributed by atoms with Crippen molar-refractivity contribution in [3.8, 4) is 0 Å². The van der Waals surface area contributed by atoms with Gasteiger partial charge in [0.1, 0.15) is 0 Å². The number of hydrogen-bond donors (Lipinski definition) is 1. The number of aryl methyl sites for hydroxylation is 2. The number of nitrogens with zero attached hydrogens (tertiary/aromatic N) is 2. The molecule has 0 unspecified atom stereocenters. The molecule has 3 rings (SSSR count). The quantitative estimate of drug-likeness (QED) is 0.471. The molecule has 17 heavy (non-hydrogen) atoms. The van der Waals surface area contributed by atoms with E-state index in [1.165, 1.54) is 0 Å². The van der Waals surface area contributed by atoms with Gasteiger partial charge in [0.2, 0.25) is 0 Å². The van der Waals surface area contributed by atoms with E-state index < -0.39 is 0 Å². The second-order valence-corrected chi connectivity index (χ2v) is 4.39. The Morgan fingerprint density at radius 2 is 1.88 bits per heavy atom. The molecule has 0 aliphatic heterocycles. The van der Waals surface area contributed by atoms with Gasteiger partial charge < -0.3 is 5.73 Å². The highest BCUT2D eigenvalue weighted by atomic mass is 14.7. The van der Waals surface area contributed by atoms with E-state index in [2.05, 4.69) is 16.0 Å². The van der Waals surface area contributed by atoms with Crippen LogP contribution in [0.25, 0.3) is 21.8 Å². The van der Waals surface area contributed by atoms with Crippen LogP contribution in [0.4, 0.5) is 5.69 Å². The summed E-state index contributed by atoms with van der Waals surface area (Å²) in [4.78, 5) is 8.99. The van der Waals surface area contributed by atoms with Crippen molar-refractivity contribution < 1.29 is 0 Å². The minimum atomic E-state index is 0.733. The average Bonchev–Trinajstić information content (AvgIpc) is 2.30. The summed E-state index contributed by atoms with van der Waals surface area (Å²) in [5, 5.41) is 2.06. The fourth-order valence-electron chi connectivity index (χ4n) is 2.10. The number of nitrogens with two attached hydrogens (primary N) is 1. The highest BCUT2D eigenvalue weighted by Crippen LogP contribution is 2.28. The molecule has 0 spiro atoms. The first-order valence-corrected chi connectivity index (χ1v) is 5.57. The Morgan fingerprint density at radius 3 is 2.71 bits per heavy atom. The van der Waals surface area contributed by atoms with Crippen molar-refractivity contribution in [2.75, 3.05) is 5.73 Å². The van der Waals surface area contributed by atoms with Crippen molar-refractivity contribution in [1.29, 1.82) is 0 Å². The summed E-state index contributed by atoms with van der Waals surface area (Å²) in [6.07, 6.45) is 1.85. The summed E-state index contributed by atoms with van der Waals surface area (Å²) in [6.45, 7) is 4.02. The van der Waals surface area contributed by atoms with Crippen LogP contribution in [-0.4, -0.2) is 9.97 Å². The largest absolute Gasteiger partial charge is 0.398 e. The van der Waals surface area contributed by atoms with Crippen LogP contribution in [-0.2, 0) is 0 Å². The predicted molar refractivity (Wildman–Crippen MR) is 70.9 cm³/mol. The number of rotatable bonds is 0. The van der Waals surface area contributed by atoms with E-state index in [1.807, 2.05) is 38.2 Å². The maximum Gasteiger partial charge on any atom is 0.0819 e. The summed E-state index contributed by atoms with van der Waals surface area (Å²) >= 11 is 0. The molecule has 3 heteroatoms. The van der Waals surface area contributed by atoms with Crippen LogP contribution >= 0.6 is 0 Å². The normalized spacial score (nSPS) is 11.2. The molecule has 0 bridgehead atoms. The smallest absolute Gasteiger partial charge is 0.0819 e. The summed E-state index contributed by atoms with van der Waals surface area (Å²) in [5.41, 5.74) is 10.7. The van der Waals surface area contributed by atoms with Crippen LogP contribution in [0.2, 0.25) is 0 Å². The van der Waals surface area contributed by atoms with Gasteiger partial charge in [-0.1, -0.05) is 0 Å². The molecule has 84 valence electrons. The lowest BCUT2D eigenvalue weighted by Gasteiger charge is -2.07. The van der Waals surface area contributed by atoms with Crippen molar-refractivity contribution in [3.05, 3.63) is 41.7 Å². The lowest BCUT2D eigenvalue weighted by molar-refractivity contribution is 1.26. The van der Waals surface area contributed by atoms with E-state index in [-0.39, 0.29) is 0 Å². The molecule has 1 aromatic carbocycles. The van der Waals surface area contributed by atoms with Gasteiger partial charge in [-0.15, -0.1) is 0 Å². The zero-order valence-electron chi connectivity index (χ0n) is 9.86. The molecule has 0 amide bonds. The lowest BCUT2D eigenvalue weighted by atomic mass is 10.1. The van der Waals surface area contributed by atoms with Crippen LogP contribution in [0.1, 0.15) is 11.3 Å². The van der Waals surface area contributed by atoms with E-state index >= 15 is 0 Å². The Bertz CT molecular complexity index is 732. The van der Waals surface area contributed by atoms with Crippen molar-refractivity contribution in [2.45, 2.75) is 13.8 Å².